The van der Waals surface area contributed by atoms with Crippen molar-refractivity contribution in [3.05, 3.63) is 21.9 Å². The van der Waals surface area contributed by atoms with Crippen molar-refractivity contribution >= 4 is 11.3 Å². The van der Waals surface area contributed by atoms with Crippen LogP contribution in [0, 0.1) is 12.8 Å². The Bertz CT molecular complexity index is 353. The van der Waals surface area contributed by atoms with Gasteiger partial charge in [-0.15, -0.1) is 11.3 Å². The van der Waals surface area contributed by atoms with Crippen LogP contribution in [0.5, 0.6) is 0 Å². The second-order valence-corrected chi connectivity index (χ2v) is 6.78. The summed E-state index contributed by atoms with van der Waals surface area (Å²) in [7, 11) is 0. The SMILES string of the molecule is CCN1CCC(CNC(C)c2ccc(C)s2)CC1. The van der Waals surface area contributed by atoms with E-state index in [1.54, 1.807) is 0 Å². The maximum atomic E-state index is 3.71. The molecule has 2 nitrogen and oxygen atoms in total. The lowest BCUT2D eigenvalue weighted by molar-refractivity contribution is 0.188. The Balaban J connectivity index is 1.72. The number of hydrogen-bond donors (Lipinski definition) is 1. The highest BCUT2D eigenvalue weighted by Gasteiger charge is 2.18. The molecule has 1 atom stereocenters. The van der Waals surface area contributed by atoms with Crippen LogP contribution in [0.25, 0.3) is 0 Å². The summed E-state index contributed by atoms with van der Waals surface area (Å²) in [6.45, 7) is 11.7. The highest BCUT2D eigenvalue weighted by molar-refractivity contribution is 7.12. The highest BCUT2D eigenvalue weighted by Crippen LogP contribution is 2.23. The number of nitrogens with one attached hydrogen (secondary N) is 1. The van der Waals surface area contributed by atoms with Gasteiger partial charge in [-0.2, -0.15) is 0 Å². The second-order valence-electron chi connectivity index (χ2n) is 5.46. The number of rotatable bonds is 5. The number of likely N-dealkylation sites (tertiary alicyclic amines) is 1. The van der Waals surface area contributed by atoms with E-state index in [-0.39, 0.29) is 0 Å². The summed E-state index contributed by atoms with van der Waals surface area (Å²) in [5, 5.41) is 3.71. The van der Waals surface area contributed by atoms with Crippen molar-refractivity contribution in [1.82, 2.24) is 10.2 Å². The minimum atomic E-state index is 0.507. The third kappa shape index (κ3) is 3.81. The normalized spacial score (nSPS) is 20.2. The van der Waals surface area contributed by atoms with E-state index in [0.29, 0.717) is 6.04 Å². The van der Waals surface area contributed by atoms with Crippen molar-refractivity contribution in [2.75, 3.05) is 26.2 Å². The van der Waals surface area contributed by atoms with Gasteiger partial charge in [0.1, 0.15) is 0 Å². The molecule has 0 spiro atoms. The lowest BCUT2D eigenvalue weighted by Crippen LogP contribution is -2.37. The molecule has 1 saturated heterocycles. The summed E-state index contributed by atoms with van der Waals surface area (Å²) in [5.41, 5.74) is 0. The van der Waals surface area contributed by atoms with Crippen LogP contribution in [0.3, 0.4) is 0 Å². The quantitative estimate of drug-likeness (QED) is 0.878. The molecule has 1 N–H and O–H groups in total. The monoisotopic (exact) mass is 266 g/mol. The van der Waals surface area contributed by atoms with Crippen molar-refractivity contribution < 1.29 is 0 Å². The molecule has 0 radical (unpaired) electrons. The summed E-state index contributed by atoms with van der Waals surface area (Å²) in [6, 6.07) is 4.99. The summed E-state index contributed by atoms with van der Waals surface area (Å²) >= 11 is 1.92. The Hall–Kier alpha value is -0.380. The van der Waals surface area contributed by atoms with Gasteiger partial charge < -0.3 is 10.2 Å². The molecule has 1 aliphatic heterocycles. The molecule has 1 aromatic rings. The predicted octanol–water partition coefficient (Wildman–Crippen LogP) is 3.44. The highest BCUT2D eigenvalue weighted by atomic mass is 32.1. The van der Waals surface area contributed by atoms with E-state index >= 15 is 0 Å². The molecule has 2 rings (SSSR count). The van der Waals surface area contributed by atoms with E-state index in [0.717, 1.165) is 5.92 Å². The fourth-order valence-electron chi connectivity index (χ4n) is 2.64. The molecule has 1 aliphatic rings. The van der Waals surface area contributed by atoms with Crippen molar-refractivity contribution in [1.29, 1.82) is 0 Å². The smallest absolute Gasteiger partial charge is 0.0386 e. The van der Waals surface area contributed by atoms with E-state index in [1.807, 2.05) is 11.3 Å². The lowest BCUT2D eigenvalue weighted by atomic mass is 9.96. The molecule has 2 heterocycles. The molecular formula is C15H26N2S. The Labute approximate surface area is 115 Å². The third-order valence-corrected chi connectivity index (χ3v) is 5.24. The topological polar surface area (TPSA) is 15.3 Å². The van der Waals surface area contributed by atoms with Crippen LogP contribution in [-0.2, 0) is 0 Å². The predicted molar refractivity (Wildman–Crippen MR) is 80.3 cm³/mol. The summed E-state index contributed by atoms with van der Waals surface area (Å²) in [4.78, 5) is 5.44. The van der Waals surface area contributed by atoms with Crippen molar-refractivity contribution in [2.24, 2.45) is 5.92 Å². The summed E-state index contributed by atoms with van der Waals surface area (Å²) in [6.07, 6.45) is 2.72. The third-order valence-electron chi connectivity index (χ3n) is 4.06. The van der Waals surface area contributed by atoms with Crippen LogP contribution in [0.2, 0.25) is 0 Å². The van der Waals surface area contributed by atoms with Crippen molar-refractivity contribution in [2.45, 2.75) is 39.7 Å². The van der Waals surface area contributed by atoms with Crippen LogP contribution in [0.15, 0.2) is 12.1 Å². The number of piperidine rings is 1. The average molecular weight is 266 g/mol. The zero-order valence-corrected chi connectivity index (χ0v) is 12.7. The van der Waals surface area contributed by atoms with Gasteiger partial charge in [-0.3, -0.25) is 0 Å². The molecular weight excluding hydrogens is 240 g/mol. The molecule has 0 amide bonds. The van der Waals surface area contributed by atoms with E-state index in [9.17, 15) is 0 Å². The number of hydrogen-bond acceptors (Lipinski definition) is 3. The van der Waals surface area contributed by atoms with E-state index in [2.05, 4.69) is 43.1 Å². The molecule has 0 aliphatic carbocycles. The average Bonchev–Trinajstić information content (AvgIpc) is 2.83. The molecule has 102 valence electrons. The Morgan fingerprint density at radius 3 is 2.67 bits per heavy atom. The molecule has 0 saturated carbocycles. The minimum absolute atomic E-state index is 0.507. The van der Waals surface area contributed by atoms with E-state index in [4.69, 9.17) is 0 Å². The second kappa shape index (κ2) is 6.69. The van der Waals surface area contributed by atoms with Crippen LogP contribution in [-0.4, -0.2) is 31.1 Å². The van der Waals surface area contributed by atoms with Gasteiger partial charge in [0.05, 0.1) is 0 Å². The van der Waals surface area contributed by atoms with Gasteiger partial charge >= 0.3 is 0 Å². The zero-order valence-electron chi connectivity index (χ0n) is 11.9. The number of aryl methyl sites for hydroxylation is 1. The van der Waals surface area contributed by atoms with Gasteiger partial charge in [-0.1, -0.05) is 6.92 Å². The molecule has 0 bridgehead atoms. The molecule has 1 fully saturated rings. The van der Waals surface area contributed by atoms with Crippen LogP contribution >= 0.6 is 11.3 Å². The van der Waals surface area contributed by atoms with Gasteiger partial charge in [-0.25, -0.2) is 0 Å². The van der Waals surface area contributed by atoms with Crippen LogP contribution < -0.4 is 5.32 Å². The molecule has 3 heteroatoms. The van der Waals surface area contributed by atoms with Gasteiger partial charge in [-0.05, 0) is 70.9 Å². The van der Waals surface area contributed by atoms with E-state index < -0.39 is 0 Å². The van der Waals surface area contributed by atoms with Gasteiger partial charge in [0.25, 0.3) is 0 Å². The molecule has 1 unspecified atom stereocenters. The Morgan fingerprint density at radius 1 is 1.39 bits per heavy atom. The summed E-state index contributed by atoms with van der Waals surface area (Å²) < 4.78 is 0. The van der Waals surface area contributed by atoms with Crippen LogP contribution in [0.1, 0.15) is 42.5 Å². The first-order chi connectivity index (χ1) is 8.69. The van der Waals surface area contributed by atoms with Gasteiger partial charge in [0, 0.05) is 15.8 Å². The fourth-order valence-corrected chi connectivity index (χ4v) is 3.54. The molecule has 18 heavy (non-hydrogen) atoms. The first-order valence-corrected chi connectivity index (χ1v) is 8.02. The standard InChI is InChI=1S/C15H26N2S/c1-4-17-9-7-14(8-10-17)11-16-13(3)15-6-5-12(2)18-15/h5-6,13-14,16H,4,7-11H2,1-3H3. The Kier molecular flexibility index (Phi) is 5.22. The number of nitrogens with zero attached hydrogens (tertiary/aromatic N) is 1. The molecule has 1 aromatic heterocycles. The van der Waals surface area contributed by atoms with Gasteiger partial charge in [0.2, 0.25) is 0 Å². The Morgan fingerprint density at radius 2 is 2.11 bits per heavy atom. The van der Waals surface area contributed by atoms with Crippen molar-refractivity contribution in [3.8, 4) is 0 Å². The maximum absolute atomic E-state index is 3.71. The first-order valence-electron chi connectivity index (χ1n) is 7.21. The van der Waals surface area contributed by atoms with E-state index in [1.165, 1.54) is 48.8 Å². The first kappa shape index (κ1) is 14.0. The van der Waals surface area contributed by atoms with Gasteiger partial charge in [0.15, 0.2) is 0 Å². The van der Waals surface area contributed by atoms with Crippen LogP contribution in [0.4, 0.5) is 0 Å². The molecule has 0 aromatic carbocycles. The zero-order chi connectivity index (χ0) is 13.0. The fraction of sp³-hybridized carbons (Fsp3) is 0.733. The minimum Gasteiger partial charge on any atom is -0.309 e. The lowest BCUT2D eigenvalue weighted by Gasteiger charge is -2.31. The summed E-state index contributed by atoms with van der Waals surface area (Å²) in [5.74, 6) is 0.872. The maximum Gasteiger partial charge on any atom is 0.0386 e. The van der Waals surface area contributed by atoms with Crippen molar-refractivity contribution in [3.63, 3.8) is 0 Å². The largest absolute Gasteiger partial charge is 0.309 e. The number of thiophene rings is 1.